The zero-order chi connectivity index (χ0) is 58.6. The van der Waals surface area contributed by atoms with Crippen LogP contribution < -0.4 is 5.32 Å². The summed E-state index contributed by atoms with van der Waals surface area (Å²) in [6.45, 7) is 8.40. The van der Waals surface area contributed by atoms with E-state index in [1.807, 2.05) is 30.3 Å². The van der Waals surface area contributed by atoms with Crippen molar-refractivity contribution < 1.29 is 53.1 Å². The van der Waals surface area contributed by atoms with Gasteiger partial charge in [0.05, 0.1) is 26.1 Å². The summed E-state index contributed by atoms with van der Waals surface area (Å²) in [5, 5.41) is 25.3. The van der Waals surface area contributed by atoms with Crippen molar-refractivity contribution in [1.82, 2.24) is 5.32 Å². The highest BCUT2D eigenvalue weighted by atomic mass is 16.7. The van der Waals surface area contributed by atoms with E-state index in [1.165, 1.54) is 161 Å². The Hall–Kier alpha value is -3.06. The summed E-state index contributed by atoms with van der Waals surface area (Å²) in [4.78, 5) is 55.4. The number of carbonyl (C=O) groups excluding carboxylic acids is 4. The molecule has 1 aliphatic rings. The van der Waals surface area contributed by atoms with Crippen LogP contribution in [-0.4, -0.2) is 83.5 Å². The molecule has 3 N–H and O–H groups in total. The summed E-state index contributed by atoms with van der Waals surface area (Å²) in [6.07, 6.45) is 40.6. The van der Waals surface area contributed by atoms with Gasteiger partial charge in [-0.3, -0.25) is 19.2 Å². The Kier molecular flexibility index (Phi) is 48.0. The molecular weight excluding hydrogens is 1020 g/mol. The number of nitrogens with one attached hydrogen (secondary N) is 1. The molecule has 0 bridgehead atoms. The van der Waals surface area contributed by atoms with E-state index in [0.717, 1.165) is 102 Å². The van der Waals surface area contributed by atoms with Gasteiger partial charge in [-0.1, -0.05) is 289 Å². The molecule has 12 heteroatoms. The maximum atomic E-state index is 14.4. The van der Waals surface area contributed by atoms with Gasteiger partial charge in [-0.2, -0.15) is 0 Å². The highest BCUT2D eigenvalue weighted by Crippen LogP contribution is 2.28. The number of unbranched alkanes of at least 4 members (excludes halogenated alkanes) is 36. The van der Waals surface area contributed by atoms with Gasteiger partial charge < -0.3 is 39.2 Å². The third-order valence-corrected chi connectivity index (χ3v) is 16.3. The maximum Gasteiger partial charge on any atom is 0.310 e. The zero-order valence-corrected chi connectivity index (χ0v) is 52.4. The number of amides is 1. The number of hydrogen-bond acceptors (Lipinski definition) is 11. The van der Waals surface area contributed by atoms with Crippen LogP contribution in [0.25, 0.3) is 0 Å². The van der Waals surface area contributed by atoms with Crippen LogP contribution >= 0.6 is 0 Å². The predicted molar refractivity (Wildman–Crippen MR) is 330 cm³/mol. The third kappa shape index (κ3) is 40.0. The lowest BCUT2D eigenvalue weighted by atomic mass is 9.96. The fourth-order valence-electron chi connectivity index (χ4n) is 11.2. The smallest absolute Gasteiger partial charge is 0.310 e. The summed E-state index contributed by atoms with van der Waals surface area (Å²) in [5.74, 6) is -1.83. The minimum Gasteiger partial charge on any atom is -0.462 e. The summed E-state index contributed by atoms with van der Waals surface area (Å²) >= 11 is 0. The van der Waals surface area contributed by atoms with E-state index in [-0.39, 0.29) is 37.8 Å². The van der Waals surface area contributed by atoms with E-state index >= 15 is 0 Å². The fraction of sp³-hybridized carbons (Fsp3) is 0.855. The largest absolute Gasteiger partial charge is 0.462 e. The first-order valence-electron chi connectivity index (χ1n) is 34.1. The van der Waals surface area contributed by atoms with Crippen LogP contribution in [0, 0.1) is 0 Å². The molecule has 1 heterocycles. The van der Waals surface area contributed by atoms with Gasteiger partial charge in [0.15, 0.2) is 12.4 Å². The number of esters is 3. The Morgan fingerprint density at radius 2 is 0.840 bits per heavy atom. The molecule has 7 atom stereocenters. The average Bonchev–Trinajstić information content (AvgIpc) is 3.46. The van der Waals surface area contributed by atoms with Crippen LogP contribution in [0.2, 0.25) is 0 Å². The molecule has 1 aromatic carbocycles. The number of hydrogen-bond donors (Lipinski definition) is 3. The molecule has 81 heavy (non-hydrogen) atoms. The molecule has 1 saturated heterocycles. The van der Waals surface area contributed by atoms with Gasteiger partial charge in [0.1, 0.15) is 30.5 Å². The molecule has 1 fully saturated rings. The van der Waals surface area contributed by atoms with Gasteiger partial charge >= 0.3 is 17.9 Å². The fourth-order valence-corrected chi connectivity index (χ4v) is 11.2. The number of benzene rings is 1. The van der Waals surface area contributed by atoms with Crippen LogP contribution in [0.1, 0.15) is 329 Å². The van der Waals surface area contributed by atoms with Gasteiger partial charge in [0.25, 0.3) is 0 Å². The highest BCUT2D eigenvalue weighted by Gasteiger charge is 2.49. The number of aliphatic hydroxyl groups is 2. The van der Waals surface area contributed by atoms with E-state index in [0.29, 0.717) is 19.3 Å². The van der Waals surface area contributed by atoms with E-state index in [4.69, 9.17) is 23.7 Å². The topological polar surface area (TPSA) is 167 Å². The van der Waals surface area contributed by atoms with Crippen LogP contribution in [0.4, 0.5) is 0 Å². The molecule has 0 unspecified atom stereocenters. The Morgan fingerprint density at radius 3 is 1.22 bits per heavy atom. The van der Waals surface area contributed by atoms with Crippen molar-refractivity contribution in [1.29, 1.82) is 0 Å². The van der Waals surface area contributed by atoms with Crippen LogP contribution in [0.15, 0.2) is 30.3 Å². The number of ether oxygens (including phenoxy) is 5. The minimum atomic E-state index is -1.54. The quantitative estimate of drug-likeness (QED) is 0.0323. The molecule has 0 saturated carbocycles. The number of carbonyl (C=O) groups is 4. The standard InChI is InChI=1S/C69H123NO11/c1-5-9-13-17-21-25-27-31-35-39-46-52-63(73)78-59(50-44-37-33-29-23-19-15-11-7-3)54-62(72)70-66-68(67(76)61(56-71)80-69(66)77-57-58-48-42-41-43-49-58)81-65(75)55-60(51-45-38-34-30-24-20-16-12-8-4)79-64(74)53-47-40-36-32-28-26-22-18-14-10-6-2/h41-43,48-49,59-61,66-69,71,76H,5-40,44-47,50-57H2,1-4H3,(H,70,72)/t59-,60-,61-,66-,67-,68-,69-/m1/s1. The number of rotatable bonds is 56. The molecule has 0 aromatic heterocycles. The van der Waals surface area contributed by atoms with Crippen molar-refractivity contribution in [2.24, 2.45) is 0 Å². The molecule has 0 radical (unpaired) electrons. The number of aliphatic hydroxyl groups excluding tert-OH is 2. The van der Waals surface area contributed by atoms with Crippen LogP contribution in [-0.2, 0) is 49.5 Å². The molecule has 1 aliphatic heterocycles. The molecule has 12 nitrogen and oxygen atoms in total. The molecule has 1 amide bonds. The lowest BCUT2D eigenvalue weighted by molar-refractivity contribution is -0.277. The summed E-state index contributed by atoms with van der Waals surface area (Å²) < 4.78 is 30.8. The molecule has 1 aromatic rings. The summed E-state index contributed by atoms with van der Waals surface area (Å²) in [5.41, 5.74) is 0.825. The molecule has 2 rings (SSSR count). The Bertz CT molecular complexity index is 1630. The van der Waals surface area contributed by atoms with Crippen molar-refractivity contribution >= 4 is 23.8 Å². The van der Waals surface area contributed by atoms with Gasteiger partial charge in [-0.15, -0.1) is 0 Å². The van der Waals surface area contributed by atoms with Crippen molar-refractivity contribution in [3.8, 4) is 0 Å². The summed E-state index contributed by atoms with van der Waals surface area (Å²) in [6, 6.07) is 8.23. The van der Waals surface area contributed by atoms with Gasteiger partial charge in [-0.25, -0.2) is 0 Å². The van der Waals surface area contributed by atoms with Crippen LogP contribution in [0.3, 0.4) is 0 Å². The Morgan fingerprint density at radius 1 is 0.481 bits per heavy atom. The van der Waals surface area contributed by atoms with Crippen molar-refractivity contribution in [2.45, 2.75) is 373 Å². The van der Waals surface area contributed by atoms with Crippen LogP contribution in [0.5, 0.6) is 0 Å². The van der Waals surface area contributed by atoms with E-state index < -0.39 is 61.3 Å². The second kappa shape index (κ2) is 52.5. The van der Waals surface area contributed by atoms with E-state index in [1.54, 1.807) is 0 Å². The molecule has 0 spiro atoms. The average molecular weight is 1140 g/mol. The van der Waals surface area contributed by atoms with E-state index in [2.05, 4.69) is 33.0 Å². The first kappa shape index (κ1) is 74.0. The first-order chi connectivity index (χ1) is 39.6. The Labute approximate surface area is 495 Å². The second-order valence-electron chi connectivity index (χ2n) is 24.0. The van der Waals surface area contributed by atoms with Gasteiger partial charge in [0, 0.05) is 12.8 Å². The van der Waals surface area contributed by atoms with Crippen molar-refractivity contribution in [3.05, 3.63) is 35.9 Å². The lowest BCUT2D eigenvalue weighted by Crippen LogP contribution is -2.66. The van der Waals surface area contributed by atoms with Crippen molar-refractivity contribution in [2.75, 3.05) is 6.61 Å². The lowest BCUT2D eigenvalue weighted by Gasteiger charge is -2.44. The third-order valence-electron chi connectivity index (χ3n) is 16.3. The zero-order valence-electron chi connectivity index (χ0n) is 52.4. The monoisotopic (exact) mass is 1140 g/mol. The molecule has 0 aliphatic carbocycles. The van der Waals surface area contributed by atoms with Gasteiger partial charge in [-0.05, 0) is 44.1 Å². The summed E-state index contributed by atoms with van der Waals surface area (Å²) in [7, 11) is 0. The van der Waals surface area contributed by atoms with E-state index in [9.17, 15) is 29.4 Å². The molecule has 470 valence electrons. The SMILES string of the molecule is CCCCCCCCCCCCCC(=O)O[C@H](CCCCCCCCCCC)CC(=O)N[C@H]1[C@H](OCc2ccccc2)O[C@H](CO)[C@@H](O)[C@@H]1OC(=O)C[C@@H](CCCCCCCCCCC)OC(=O)CCCCCCCCCCCCC. The normalized spacial score (nSPS) is 17.9. The van der Waals surface area contributed by atoms with Crippen molar-refractivity contribution in [3.63, 3.8) is 0 Å². The first-order valence-corrected chi connectivity index (χ1v) is 34.1. The second-order valence-corrected chi connectivity index (χ2v) is 24.0. The minimum absolute atomic E-state index is 0.0700. The highest BCUT2D eigenvalue weighted by molar-refractivity contribution is 5.78. The predicted octanol–water partition coefficient (Wildman–Crippen LogP) is 17.5. The van der Waals surface area contributed by atoms with Gasteiger partial charge in [0.2, 0.25) is 5.91 Å². The maximum absolute atomic E-state index is 14.4. The molecular formula is C69H123NO11. The Balaban J connectivity index is 2.23.